The molecule has 7 nitrogen and oxygen atoms in total. The third kappa shape index (κ3) is 6.18. The Morgan fingerprint density at radius 1 is 1.28 bits per heavy atom. The molecule has 3 aliphatic rings. The molecule has 1 saturated heterocycles. The molecule has 0 radical (unpaired) electrons. The van der Waals surface area contributed by atoms with Gasteiger partial charge >= 0.3 is 11.9 Å². The molecular weight excluding hydrogens is 516 g/mol. The van der Waals surface area contributed by atoms with E-state index in [0.717, 1.165) is 18.5 Å². The van der Waals surface area contributed by atoms with E-state index < -0.39 is 6.29 Å². The van der Waals surface area contributed by atoms with Crippen molar-refractivity contribution in [1.29, 1.82) is 0 Å². The second kappa shape index (κ2) is 11.5. The average molecular weight is 550 g/mol. The van der Waals surface area contributed by atoms with E-state index in [-0.39, 0.29) is 23.8 Å². The highest BCUT2D eigenvalue weighted by Crippen LogP contribution is 2.39. The van der Waals surface area contributed by atoms with Gasteiger partial charge in [-0.15, -0.1) is 0 Å². The van der Waals surface area contributed by atoms with E-state index in [9.17, 15) is 9.59 Å². The Hall–Kier alpha value is -0.840. The van der Waals surface area contributed by atoms with Crippen LogP contribution in [-0.4, -0.2) is 77.5 Å². The maximum Gasteiger partial charge on any atom is 0.349 e. The second-order valence-corrected chi connectivity index (χ2v) is 11.4. The highest BCUT2D eigenvalue weighted by atomic mass is 79.9. The number of hydrogen-bond donors (Lipinski definition) is 0. The van der Waals surface area contributed by atoms with Gasteiger partial charge in [0, 0.05) is 26.2 Å². The topological polar surface area (TPSA) is 68.3 Å². The molecule has 0 aromatic rings. The Morgan fingerprint density at radius 2 is 1.97 bits per heavy atom. The third-order valence-electron chi connectivity index (χ3n) is 6.52. The molecule has 0 spiro atoms. The van der Waals surface area contributed by atoms with Crippen LogP contribution in [0.25, 0.3) is 0 Å². The van der Waals surface area contributed by atoms with Crippen molar-refractivity contribution in [2.24, 2.45) is 17.8 Å². The molecule has 4 atom stereocenters. The van der Waals surface area contributed by atoms with Crippen molar-refractivity contribution in [3.8, 4) is 0 Å². The molecule has 0 aromatic carbocycles. The Balaban J connectivity index is 1.62. The Kier molecular flexibility index (Phi) is 9.29. The van der Waals surface area contributed by atoms with Crippen molar-refractivity contribution in [3.05, 3.63) is 10.2 Å². The minimum absolute atomic E-state index is 0.0774. The van der Waals surface area contributed by atoms with Crippen LogP contribution in [-0.2, 0) is 23.8 Å². The zero-order valence-electron chi connectivity index (χ0n) is 19.2. The smallest absolute Gasteiger partial charge is 0.349 e. The number of carbonyl (C=O) groups excluding carboxylic acids is 2. The van der Waals surface area contributed by atoms with Crippen LogP contribution in [0.2, 0.25) is 0 Å². The monoisotopic (exact) mass is 548 g/mol. The molecule has 0 N–H and O–H groups in total. The minimum atomic E-state index is -0.680. The molecule has 2 aliphatic heterocycles. The van der Waals surface area contributed by atoms with Gasteiger partial charge in [-0.25, -0.2) is 4.79 Å². The van der Waals surface area contributed by atoms with E-state index in [1.807, 2.05) is 0 Å². The molecule has 1 aliphatic carbocycles. The van der Waals surface area contributed by atoms with E-state index >= 15 is 0 Å². The molecule has 32 heavy (non-hydrogen) atoms. The lowest BCUT2D eigenvalue weighted by molar-refractivity contribution is -0.185. The van der Waals surface area contributed by atoms with E-state index in [2.05, 4.69) is 51.2 Å². The molecule has 0 unspecified atom stereocenters. The van der Waals surface area contributed by atoms with E-state index in [1.54, 1.807) is 0 Å². The summed E-state index contributed by atoms with van der Waals surface area (Å²) in [5.74, 6) is 1.14. The number of rotatable bonds is 6. The van der Waals surface area contributed by atoms with Crippen LogP contribution in [0.5, 0.6) is 0 Å². The highest BCUT2D eigenvalue weighted by Gasteiger charge is 2.42. The summed E-state index contributed by atoms with van der Waals surface area (Å²) in [6.07, 6.45) is 2.75. The molecular formula is C22H33BrN2O5S2. The van der Waals surface area contributed by atoms with Gasteiger partial charge in [0.1, 0.15) is 14.5 Å². The summed E-state index contributed by atoms with van der Waals surface area (Å²) < 4.78 is 17.9. The first-order valence-electron chi connectivity index (χ1n) is 11.2. The summed E-state index contributed by atoms with van der Waals surface area (Å²) in [6, 6.07) is 0. The quantitative estimate of drug-likeness (QED) is 0.364. The number of halogens is 1. The maximum atomic E-state index is 12.4. The largest absolute Gasteiger partial charge is 0.468 e. The van der Waals surface area contributed by atoms with Crippen molar-refractivity contribution in [1.82, 2.24) is 9.80 Å². The summed E-state index contributed by atoms with van der Waals surface area (Å²) in [5.41, 5.74) is 0.781. The Labute approximate surface area is 208 Å². The third-order valence-corrected chi connectivity index (χ3v) is 8.75. The molecule has 0 amide bonds. The second-order valence-electron chi connectivity index (χ2n) is 9.04. The van der Waals surface area contributed by atoms with Crippen LogP contribution in [0, 0.1) is 17.8 Å². The van der Waals surface area contributed by atoms with Crippen LogP contribution in [0.4, 0.5) is 0 Å². The number of methoxy groups -OCH3 is 1. The number of nitrogens with zero attached hydrogens (tertiary/aromatic N) is 2. The first kappa shape index (κ1) is 25.8. The number of ether oxygens (including phenoxy) is 3. The molecule has 3 rings (SSSR count). The molecule has 0 bridgehead atoms. The van der Waals surface area contributed by atoms with Crippen molar-refractivity contribution in [2.75, 3.05) is 39.0 Å². The van der Waals surface area contributed by atoms with Gasteiger partial charge in [0.15, 0.2) is 0 Å². The predicted octanol–water partition coefficient (Wildman–Crippen LogP) is 3.76. The standard InChI is InChI=1S/C22H33BrN2O5S2/c1-13(2)15-6-5-14(3)11-16(15)29-21-19(18(23)20(27)30-21)24-7-9-25(10-8-24)22(31)32-12-17(26)28-4/h13-16,21H,5-12H2,1-4H3/t14-,15+,16-,21+/m1/s1. The number of cyclic esters (lactones) is 1. The first-order valence-corrected chi connectivity index (χ1v) is 13.4. The average Bonchev–Trinajstić information content (AvgIpc) is 3.04. The lowest BCUT2D eigenvalue weighted by Crippen LogP contribution is -2.49. The number of piperazine rings is 1. The molecule has 1 saturated carbocycles. The van der Waals surface area contributed by atoms with Crippen molar-refractivity contribution < 1.29 is 23.8 Å². The fraction of sp³-hybridized carbons (Fsp3) is 0.773. The van der Waals surface area contributed by atoms with Crippen LogP contribution in [0.3, 0.4) is 0 Å². The van der Waals surface area contributed by atoms with Gasteiger partial charge in [-0.3, -0.25) is 4.79 Å². The van der Waals surface area contributed by atoms with Crippen molar-refractivity contribution in [2.45, 2.75) is 52.4 Å². The molecule has 180 valence electrons. The van der Waals surface area contributed by atoms with E-state index in [4.69, 9.17) is 21.7 Å². The number of hydrogen-bond acceptors (Lipinski definition) is 8. The van der Waals surface area contributed by atoms with Gasteiger partial charge < -0.3 is 24.0 Å². The normalized spacial score (nSPS) is 28.9. The molecule has 0 aromatic heterocycles. The number of carbonyl (C=O) groups is 2. The fourth-order valence-corrected chi connectivity index (χ4v) is 6.24. The number of thiocarbonyl (C=S) groups is 1. The van der Waals surface area contributed by atoms with Crippen LogP contribution in [0.1, 0.15) is 40.0 Å². The lowest BCUT2D eigenvalue weighted by Gasteiger charge is -2.41. The van der Waals surface area contributed by atoms with Gasteiger partial charge in [-0.2, -0.15) is 0 Å². The summed E-state index contributed by atoms with van der Waals surface area (Å²) in [5, 5.41) is 0. The Morgan fingerprint density at radius 3 is 2.59 bits per heavy atom. The van der Waals surface area contributed by atoms with E-state index in [0.29, 0.717) is 52.7 Å². The van der Waals surface area contributed by atoms with Gasteiger partial charge in [0.05, 0.1) is 19.0 Å². The SMILES string of the molecule is COC(=O)CSC(=S)N1CCN(C2=C(Br)C(=O)O[C@@H]2O[C@@H]2C[C@H](C)CC[C@H]2C(C)C)CC1. The highest BCUT2D eigenvalue weighted by molar-refractivity contribution is 9.12. The zero-order chi connectivity index (χ0) is 23.4. The minimum Gasteiger partial charge on any atom is -0.468 e. The molecule has 2 fully saturated rings. The fourth-order valence-electron chi connectivity index (χ4n) is 4.62. The zero-order valence-corrected chi connectivity index (χ0v) is 22.4. The van der Waals surface area contributed by atoms with Gasteiger partial charge in [0.25, 0.3) is 0 Å². The van der Waals surface area contributed by atoms with Crippen LogP contribution < -0.4 is 0 Å². The van der Waals surface area contributed by atoms with Gasteiger partial charge in [-0.05, 0) is 46.5 Å². The molecule has 2 heterocycles. The summed E-state index contributed by atoms with van der Waals surface area (Å²) in [6.45, 7) is 9.53. The molecule has 10 heteroatoms. The number of esters is 2. The first-order chi connectivity index (χ1) is 15.2. The van der Waals surface area contributed by atoms with Crippen molar-refractivity contribution in [3.63, 3.8) is 0 Å². The van der Waals surface area contributed by atoms with E-state index in [1.165, 1.54) is 25.3 Å². The van der Waals surface area contributed by atoms with Crippen molar-refractivity contribution >= 4 is 56.2 Å². The summed E-state index contributed by atoms with van der Waals surface area (Å²) >= 11 is 10.2. The predicted molar refractivity (Wildman–Crippen MR) is 132 cm³/mol. The van der Waals surface area contributed by atoms with Gasteiger partial charge in [-0.1, -0.05) is 51.2 Å². The Bertz CT molecular complexity index is 755. The summed E-state index contributed by atoms with van der Waals surface area (Å²) in [4.78, 5) is 28.0. The maximum absolute atomic E-state index is 12.4. The van der Waals surface area contributed by atoms with Crippen LogP contribution >= 0.6 is 39.9 Å². The summed E-state index contributed by atoms with van der Waals surface area (Å²) in [7, 11) is 1.37. The lowest BCUT2D eigenvalue weighted by atomic mass is 9.75. The van der Waals surface area contributed by atoms with Gasteiger partial charge in [0.2, 0.25) is 6.29 Å². The van der Waals surface area contributed by atoms with Crippen LogP contribution in [0.15, 0.2) is 10.2 Å². The number of thioether (sulfide) groups is 1.